The number of rotatable bonds is 10. The van der Waals surface area contributed by atoms with E-state index < -0.39 is 6.10 Å². The minimum absolute atomic E-state index is 0.176. The number of hydrogen-bond donors (Lipinski definition) is 2. The summed E-state index contributed by atoms with van der Waals surface area (Å²) in [5.74, 6) is 1.21. The minimum atomic E-state index is -0.492. The van der Waals surface area contributed by atoms with Crippen LogP contribution in [0, 0.1) is 24.7 Å². The van der Waals surface area contributed by atoms with Crippen molar-refractivity contribution in [2.75, 3.05) is 20.6 Å². The molecule has 0 aliphatic heterocycles. The van der Waals surface area contributed by atoms with Crippen LogP contribution in [0.15, 0.2) is 48.1 Å². The van der Waals surface area contributed by atoms with Gasteiger partial charge in [0, 0.05) is 12.3 Å². The van der Waals surface area contributed by atoms with Crippen molar-refractivity contribution in [3.8, 4) is 0 Å². The lowest BCUT2D eigenvalue weighted by molar-refractivity contribution is 0.140. The van der Waals surface area contributed by atoms with Crippen molar-refractivity contribution in [1.29, 1.82) is 0 Å². The molecule has 1 aromatic carbocycles. The van der Waals surface area contributed by atoms with Crippen LogP contribution in [0.2, 0.25) is 0 Å². The van der Waals surface area contributed by atoms with Gasteiger partial charge in [-0.15, -0.1) is 0 Å². The average molecular weight is 398 g/mol. The number of unbranched alkanes of at least 4 members (excludes halogenated alkanes) is 2. The zero-order valence-electron chi connectivity index (χ0n) is 18.4. The Hall–Kier alpha value is -1.42. The molecule has 0 radical (unpaired) electrons. The Labute approximate surface area is 177 Å². The summed E-state index contributed by atoms with van der Waals surface area (Å²) in [4.78, 5) is 2.25. The first-order chi connectivity index (χ1) is 13.9. The third-order valence-corrected chi connectivity index (χ3v) is 6.64. The van der Waals surface area contributed by atoms with Gasteiger partial charge in [-0.3, -0.25) is 0 Å². The van der Waals surface area contributed by atoms with Crippen LogP contribution in [0.4, 0.5) is 0 Å². The van der Waals surface area contributed by atoms with Crippen LogP contribution in [0.1, 0.15) is 49.7 Å². The number of aryl methyl sites for hydroxylation is 1. The van der Waals surface area contributed by atoms with Crippen LogP contribution < -0.4 is 0 Å². The number of aliphatic hydroxyl groups excluding tert-OH is 2. The summed E-state index contributed by atoms with van der Waals surface area (Å²) in [7, 11) is 4.27. The van der Waals surface area contributed by atoms with Gasteiger partial charge in [0.05, 0.1) is 12.2 Å². The summed E-state index contributed by atoms with van der Waals surface area (Å²) < 4.78 is 0. The highest BCUT2D eigenvalue weighted by Gasteiger charge is 2.43. The first-order valence-corrected chi connectivity index (χ1v) is 11.4. The number of aliphatic hydroxyl groups is 2. The number of nitrogens with zero attached hydrogens (tertiary/aromatic N) is 1. The van der Waals surface area contributed by atoms with Gasteiger partial charge >= 0.3 is 0 Å². The Morgan fingerprint density at radius 2 is 2.03 bits per heavy atom. The zero-order chi connectivity index (χ0) is 20.8. The van der Waals surface area contributed by atoms with Crippen molar-refractivity contribution in [2.45, 2.75) is 64.1 Å². The lowest BCUT2D eigenvalue weighted by Gasteiger charge is -2.19. The fourth-order valence-electron chi connectivity index (χ4n) is 5.15. The average Bonchev–Trinajstić information content (AvgIpc) is 3.16. The second-order valence-electron chi connectivity index (χ2n) is 9.50. The molecule has 0 amide bonds. The summed E-state index contributed by atoms with van der Waals surface area (Å²) in [6.45, 7) is 3.25. The highest BCUT2D eigenvalue weighted by atomic mass is 16.3. The molecule has 3 nitrogen and oxygen atoms in total. The maximum atomic E-state index is 10.6. The Morgan fingerprint density at radius 3 is 2.79 bits per heavy atom. The van der Waals surface area contributed by atoms with E-state index in [9.17, 15) is 10.2 Å². The second-order valence-corrected chi connectivity index (χ2v) is 9.50. The molecular weight excluding hydrogens is 358 g/mol. The summed E-state index contributed by atoms with van der Waals surface area (Å²) in [5, 5.41) is 21.0. The van der Waals surface area contributed by atoms with Gasteiger partial charge in [-0.1, -0.05) is 60.1 Å². The zero-order valence-corrected chi connectivity index (χ0v) is 18.4. The molecule has 29 heavy (non-hydrogen) atoms. The van der Waals surface area contributed by atoms with Crippen molar-refractivity contribution in [1.82, 2.24) is 4.90 Å². The first-order valence-electron chi connectivity index (χ1n) is 11.4. The monoisotopic (exact) mass is 397 g/mol. The number of hydrogen-bond acceptors (Lipinski definition) is 3. The molecule has 1 saturated carbocycles. The fourth-order valence-corrected chi connectivity index (χ4v) is 5.15. The quantitative estimate of drug-likeness (QED) is 0.451. The molecule has 1 aromatic rings. The normalized spacial score (nSPS) is 27.6. The molecule has 1 fully saturated rings. The van der Waals surface area contributed by atoms with E-state index in [1.165, 1.54) is 37.8 Å². The van der Waals surface area contributed by atoms with E-state index in [1.807, 2.05) is 12.1 Å². The maximum Gasteiger partial charge on any atom is 0.0761 e. The molecule has 3 rings (SSSR count). The van der Waals surface area contributed by atoms with Crippen LogP contribution in [0.5, 0.6) is 0 Å². The van der Waals surface area contributed by atoms with E-state index in [-0.39, 0.29) is 12.0 Å². The summed E-state index contributed by atoms with van der Waals surface area (Å²) in [5.41, 5.74) is 3.97. The standard InChI is InChI=1S/C26H39NO2/c1-19-8-7-10-20(14-19)16-23(28)11-12-24-25-17-21(15-22(25)18-26(24)29)9-5-4-6-13-27(2)3/h7-8,10-12,14-15,22-26,28-29H,4-6,9,13,16-18H2,1-3H3/b12-11+/t22-,23+,24+,25-,26+/m0/s1. The predicted molar refractivity (Wildman–Crippen MR) is 121 cm³/mol. The van der Waals surface area contributed by atoms with E-state index in [0.29, 0.717) is 18.3 Å². The summed E-state index contributed by atoms with van der Waals surface area (Å²) in [6.07, 6.45) is 13.4. The molecule has 2 aliphatic rings. The lowest BCUT2D eigenvalue weighted by atomic mass is 9.88. The van der Waals surface area contributed by atoms with Gasteiger partial charge in [0.1, 0.15) is 0 Å². The third-order valence-electron chi connectivity index (χ3n) is 6.64. The van der Waals surface area contributed by atoms with Gasteiger partial charge in [0.15, 0.2) is 0 Å². The molecule has 0 heterocycles. The molecule has 0 unspecified atom stereocenters. The summed E-state index contributed by atoms with van der Waals surface area (Å²) >= 11 is 0. The Balaban J connectivity index is 1.47. The van der Waals surface area contributed by atoms with Crippen molar-refractivity contribution in [3.63, 3.8) is 0 Å². The van der Waals surface area contributed by atoms with E-state index in [4.69, 9.17) is 0 Å². The van der Waals surface area contributed by atoms with Crippen molar-refractivity contribution in [2.24, 2.45) is 17.8 Å². The molecule has 2 aliphatic carbocycles. The topological polar surface area (TPSA) is 43.7 Å². The van der Waals surface area contributed by atoms with Gasteiger partial charge in [0.2, 0.25) is 0 Å². The largest absolute Gasteiger partial charge is 0.392 e. The molecule has 0 bridgehead atoms. The van der Waals surface area contributed by atoms with Gasteiger partial charge in [-0.05, 0) is 77.1 Å². The van der Waals surface area contributed by atoms with Crippen LogP contribution in [0.25, 0.3) is 0 Å². The third kappa shape index (κ3) is 6.53. The number of allylic oxidation sites excluding steroid dienone is 2. The minimum Gasteiger partial charge on any atom is -0.392 e. The van der Waals surface area contributed by atoms with E-state index in [2.05, 4.69) is 56.3 Å². The van der Waals surface area contributed by atoms with Crippen molar-refractivity contribution in [3.05, 3.63) is 59.2 Å². The Kier molecular flexibility index (Phi) is 8.11. The van der Waals surface area contributed by atoms with E-state index >= 15 is 0 Å². The van der Waals surface area contributed by atoms with E-state index in [1.54, 1.807) is 5.57 Å². The molecule has 2 N–H and O–H groups in total. The van der Waals surface area contributed by atoms with Crippen LogP contribution in [0.3, 0.4) is 0 Å². The lowest BCUT2D eigenvalue weighted by Crippen LogP contribution is -2.18. The van der Waals surface area contributed by atoms with Gasteiger partial charge in [-0.25, -0.2) is 0 Å². The molecule has 0 spiro atoms. The predicted octanol–water partition coefficient (Wildman–Crippen LogP) is 4.52. The Bertz CT molecular complexity index is 708. The van der Waals surface area contributed by atoms with Crippen LogP contribution in [-0.4, -0.2) is 48.0 Å². The van der Waals surface area contributed by atoms with Gasteiger partial charge in [-0.2, -0.15) is 0 Å². The fraction of sp³-hybridized carbons (Fsp3) is 0.615. The number of benzene rings is 1. The highest BCUT2D eigenvalue weighted by Crippen LogP contribution is 2.48. The summed E-state index contributed by atoms with van der Waals surface area (Å²) in [6, 6.07) is 8.31. The highest BCUT2D eigenvalue weighted by molar-refractivity contribution is 5.24. The van der Waals surface area contributed by atoms with Crippen molar-refractivity contribution >= 4 is 0 Å². The second kappa shape index (κ2) is 10.6. The van der Waals surface area contributed by atoms with Crippen LogP contribution >= 0.6 is 0 Å². The maximum absolute atomic E-state index is 10.6. The Morgan fingerprint density at radius 1 is 1.21 bits per heavy atom. The molecular formula is C26H39NO2. The smallest absolute Gasteiger partial charge is 0.0761 e. The van der Waals surface area contributed by atoms with E-state index in [0.717, 1.165) is 18.4 Å². The van der Waals surface area contributed by atoms with Gasteiger partial charge in [0.25, 0.3) is 0 Å². The SMILES string of the molecule is Cc1cccc(C[C@H](O)/C=C/[C@@H]2[C@H]3CC(CCCCCN(C)C)=C[C@H]3C[C@H]2O)c1. The molecule has 5 atom stereocenters. The van der Waals surface area contributed by atoms with Crippen LogP contribution in [-0.2, 0) is 6.42 Å². The molecule has 160 valence electrons. The molecule has 3 heteroatoms. The van der Waals surface area contributed by atoms with Crippen molar-refractivity contribution < 1.29 is 10.2 Å². The molecule has 0 saturated heterocycles. The first kappa shape index (κ1) is 22.3. The van der Waals surface area contributed by atoms with Gasteiger partial charge < -0.3 is 15.1 Å². The number of fused-ring (bicyclic) bond motifs is 1. The molecule has 0 aromatic heterocycles.